The van der Waals surface area contributed by atoms with E-state index in [9.17, 15) is 4.79 Å². The summed E-state index contributed by atoms with van der Waals surface area (Å²) < 4.78 is 6.77. The summed E-state index contributed by atoms with van der Waals surface area (Å²) >= 11 is 1.30. The molecule has 0 aliphatic carbocycles. The second-order valence-corrected chi connectivity index (χ2v) is 7.45. The van der Waals surface area contributed by atoms with Crippen molar-refractivity contribution in [3.63, 3.8) is 0 Å². The maximum absolute atomic E-state index is 12.6. The monoisotopic (exact) mass is 383 g/mol. The minimum absolute atomic E-state index is 0.0991. The molecule has 0 saturated carbocycles. The molecule has 3 rings (SSSR count). The van der Waals surface area contributed by atoms with Gasteiger partial charge in [-0.3, -0.25) is 4.79 Å². The van der Waals surface area contributed by atoms with Gasteiger partial charge in [-0.25, -0.2) is 0 Å². The molecule has 0 bridgehead atoms. The highest BCUT2D eigenvalue weighted by molar-refractivity contribution is 8.00. The predicted molar refractivity (Wildman–Crippen MR) is 106 cm³/mol. The molecule has 1 amide bonds. The number of tetrazole rings is 1. The molecule has 1 heterocycles. The third-order valence-electron chi connectivity index (χ3n) is 4.06. The number of nitrogens with zero attached hydrogens (tertiary/aromatic N) is 4. The van der Waals surface area contributed by atoms with E-state index in [-0.39, 0.29) is 11.2 Å². The van der Waals surface area contributed by atoms with Crippen LogP contribution in [0, 0.1) is 13.8 Å². The number of benzene rings is 2. The van der Waals surface area contributed by atoms with E-state index in [1.807, 2.05) is 63.2 Å². The molecule has 0 aliphatic heterocycles. The summed E-state index contributed by atoms with van der Waals surface area (Å²) in [6, 6.07) is 13.4. The highest BCUT2D eigenvalue weighted by atomic mass is 32.2. The maximum Gasteiger partial charge on any atom is 0.237 e. The summed E-state index contributed by atoms with van der Waals surface area (Å²) in [6.07, 6.45) is 0. The fourth-order valence-corrected chi connectivity index (χ4v) is 3.26. The maximum atomic E-state index is 12.6. The standard InChI is InChI=1S/C19H21N5O2S/c1-12-5-6-13(2)17(11-12)20-18(25)14(3)27-19-21-22-23-24(19)15-7-9-16(26-4)10-8-15/h5-11,14H,1-4H3,(H,20,25)/t14-/m1/s1. The van der Waals surface area contributed by atoms with Gasteiger partial charge in [-0.05, 0) is 72.7 Å². The van der Waals surface area contributed by atoms with E-state index in [1.165, 1.54) is 11.8 Å². The van der Waals surface area contributed by atoms with Crippen molar-refractivity contribution in [1.82, 2.24) is 20.2 Å². The molecule has 27 heavy (non-hydrogen) atoms. The van der Waals surface area contributed by atoms with E-state index in [2.05, 4.69) is 20.8 Å². The molecule has 8 heteroatoms. The van der Waals surface area contributed by atoms with Gasteiger partial charge in [0.25, 0.3) is 0 Å². The zero-order chi connectivity index (χ0) is 19.4. The van der Waals surface area contributed by atoms with Gasteiger partial charge >= 0.3 is 0 Å². The van der Waals surface area contributed by atoms with Crippen LogP contribution < -0.4 is 10.1 Å². The molecule has 0 fully saturated rings. The van der Waals surface area contributed by atoms with Crippen molar-refractivity contribution in [3.8, 4) is 11.4 Å². The Labute approximate surface area is 162 Å². The van der Waals surface area contributed by atoms with E-state index in [4.69, 9.17) is 4.74 Å². The Morgan fingerprint density at radius 2 is 1.93 bits per heavy atom. The number of thioether (sulfide) groups is 1. The van der Waals surface area contributed by atoms with Gasteiger partial charge in [0, 0.05) is 5.69 Å². The van der Waals surface area contributed by atoms with Crippen molar-refractivity contribution in [3.05, 3.63) is 53.6 Å². The number of rotatable bonds is 6. The summed E-state index contributed by atoms with van der Waals surface area (Å²) in [4.78, 5) is 12.6. The minimum Gasteiger partial charge on any atom is -0.497 e. The number of carbonyl (C=O) groups excluding carboxylic acids is 1. The van der Waals surface area contributed by atoms with Crippen LogP contribution in [-0.2, 0) is 4.79 Å². The Morgan fingerprint density at radius 1 is 1.19 bits per heavy atom. The lowest BCUT2D eigenvalue weighted by atomic mass is 10.1. The first-order chi connectivity index (χ1) is 13.0. The van der Waals surface area contributed by atoms with Gasteiger partial charge in [0.15, 0.2) is 0 Å². The summed E-state index contributed by atoms with van der Waals surface area (Å²) in [5.74, 6) is 0.653. The molecule has 1 atom stereocenters. The Bertz CT molecular complexity index is 940. The van der Waals surface area contributed by atoms with E-state index < -0.39 is 0 Å². The summed E-state index contributed by atoms with van der Waals surface area (Å²) in [6.45, 7) is 5.80. The average Bonchev–Trinajstić information content (AvgIpc) is 3.12. The number of aromatic nitrogens is 4. The summed E-state index contributed by atoms with van der Waals surface area (Å²) in [5, 5.41) is 15.0. The first-order valence-corrected chi connectivity index (χ1v) is 9.33. The zero-order valence-corrected chi connectivity index (χ0v) is 16.4. The molecule has 7 nitrogen and oxygen atoms in total. The number of aryl methyl sites for hydroxylation is 2. The first-order valence-electron chi connectivity index (χ1n) is 8.45. The second-order valence-electron chi connectivity index (χ2n) is 6.14. The predicted octanol–water partition coefficient (Wildman–Crippen LogP) is 3.41. The normalized spacial score (nSPS) is 11.9. The van der Waals surface area contributed by atoms with E-state index >= 15 is 0 Å². The van der Waals surface area contributed by atoms with Crippen LogP contribution in [0.4, 0.5) is 5.69 Å². The van der Waals surface area contributed by atoms with Gasteiger partial charge in [-0.15, -0.1) is 5.10 Å². The Balaban J connectivity index is 1.72. The molecule has 140 valence electrons. The van der Waals surface area contributed by atoms with Gasteiger partial charge < -0.3 is 10.1 Å². The van der Waals surface area contributed by atoms with Gasteiger partial charge in [0.1, 0.15) is 5.75 Å². The van der Waals surface area contributed by atoms with Gasteiger partial charge in [-0.1, -0.05) is 23.9 Å². The molecular weight excluding hydrogens is 362 g/mol. The minimum atomic E-state index is -0.368. The smallest absolute Gasteiger partial charge is 0.237 e. The lowest BCUT2D eigenvalue weighted by Gasteiger charge is -2.14. The third-order valence-corrected chi connectivity index (χ3v) is 5.09. The molecule has 1 N–H and O–H groups in total. The molecule has 0 spiro atoms. The highest BCUT2D eigenvalue weighted by Crippen LogP contribution is 2.25. The quantitative estimate of drug-likeness (QED) is 0.657. The summed E-state index contributed by atoms with van der Waals surface area (Å²) in [5.41, 5.74) is 3.74. The first kappa shape index (κ1) is 18.9. The highest BCUT2D eigenvalue weighted by Gasteiger charge is 2.20. The van der Waals surface area contributed by atoms with Crippen molar-refractivity contribution < 1.29 is 9.53 Å². The number of amides is 1. The number of ether oxygens (including phenoxy) is 1. The molecule has 0 saturated heterocycles. The lowest BCUT2D eigenvalue weighted by molar-refractivity contribution is -0.115. The largest absolute Gasteiger partial charge is 0.497 e. The second kappa shape index (κ2) is 8.22. The number of hydrogen-bond acceptors (Lipinski definition) is 6. The van der Waals surface area contributed by atoms with Crippen LogP contribution in [0.2, 0.25) is 0 Å². The molecule has 0 radical (unpaired) electrons. The van der Waals surface area contributed by atoms with Gasteiger partial charge in [0.2, 0.25) is 11.1 Å². The van der Waals surface area contributed by atoms with Crippen LogP contribution >= 0.6 is 11.8 Å². The number of nitrogens with one attached hydrogen (secondary N) is 1. The number of carbonyl (C=O) groups is 1. The van der Waals surface area contributed by atoms with Gasteiger partial charge in [-0.2, -0.15) is 4.68 Å². The number of hydrogen-bond donors (Lipinski definition) is 1. The van der Waals surface area contributed by atoms with Crippen LogP contribution in [0.1, 0.15) is 18.1 Å². The van der Waals surface area contributed by atoms with E-state index in [1.54, 1.807) is 11.8 Å². The van der Waals surface area contributed by atoms with Crippen LogP contribution in [0.25, 0.3) is 5.69 Å². The van der Waals surface area contributed by atoms with E-state index in [0.717, 1.165) is 28.3 Å². The number of methoxy groups -OCH3 is 1. The molecule has 0 aliphatic rings. The van der Waals surface area contributed by atoms with Crippen LogP contribution in [0.3, 0.4) is 0 Å². The molecule has 1 aromatic heterocycles. The van der Waals surface area contributed by atoms with Crippen LogP contribution in [0.5, 0.6) is 5.75 Å². The fraction of sp³-hybridized carbons (Fsp3) is 0.263. The summed E-state index contributed by atoms with van der Waals surface area (Å²) in [7, 11) is 1.61. The van der Waals surface area contributed by atoms with Crippen molar-refractivity contribution >= 4 is 23.4 Å². The zero-order valence-electron chi connectivity index (χ0n) is 15.6. The third kappa shape index (κ3) is 4.46. The van der Waals surface area contributed by atoms with Crippen molar-refractivity contribution in [2.75, 3.05) is 12.4 Å². The Morgan fingerprint density at radius 3 is 2.63 bits per heavy atom. The van der Waals surface area contributed by atoms with Crippen LogP contribution in [-0.4, -0.2) is 38.5 Å². The molecular formula is C19H21N5O2S. The Kier molecular flexibility index (Phi) is 5.75. The topological polar surface area (TPSA) is 81.9 Å². The van der Waals surface area contributed by atoms with E-state index in [0.29, 0.717) is 5.16 Å². The Hall–Kier alpha value is -2.87. The van der Waals surface area contributed by atoms with Crippen LogP contribution in [0.15, 0.2) is 47.6 Å². The lowest BCUT2D eigenvalue weighted by Crippen LogP contribution is -2.23. The SMILES string of the molecule is COc1ccc(-n2nnnc2S[C@H](C)C(=O)Nc2cc(C)ccc2C)cc1. The fourth-order valence-electron chi connectivity index (χ4n) is 2.45. The molecule has 2 aromatic carbocycles. The van der Waals surface area contributed by atoms with Gasteiger partial charge in [0.05, 0.1) is 18.0 Å². The number of anilines is 1. The van der Waals surface area contributed by atoms with Crippen molar-refractivity contribution in [2.45, 2.75) is 31.2 Å². The van der Waals surface area contributed by atoms with Crippen molar-refractivity contribution in [1.29, 1.82) is 0 Å². The van der Waals surface area contributed by atoms with Crippen molar-refractivity contribution in [2.24, 2.45) is 0 Å². The molecule has 0 unspecified atom stereocenters. The molecule has 3 aromatic rings. The average molecular weight is 383 g/mol.